The number of hydrogen-bond donors (Lipinski definition) is 1. The smallest absolute Gasteiger partial charge is 0.170 e. The molecule has 4 aromatic rings. The van der Waals surface area contributed by atoms with E-state index in [2.05, 4.69) is 25.1 Å². The first-order valence-electron chi connectivity index (χ1n) is 12.4. The number of hydrogen-bond acceptors (Lipinski definition) is 10. The molecule has 0 radical (unpaired) electrons. The van der Waals surface area contributed by atoms with E-state index < -0.39 is 26.9 Å². The van der Waals surface area contributed by atoms with Gasteiger partial charge < -0.3 is 14.6 Å². The molecule has 0 aliphatic rings. The Morgan fingerprint density at radius 3 is 2.44 bits per heavy atom. The van der Waals surface area contributed by atoms with Gasteiger partial charge in [-0.15, -0.1) is 10.2 Å². The molecule has 3 heterocycles. The molecule has 1 N–H and O–H groups in total. The first kappa shape index (κ1) is 28.3. The van der Waals surface area contributed by atoms with Crippen LogP contribution < -0.4 is 4.74 Å². The topological polar surface area (TPSA) is 142 Å². The highest BCUT2D eigenvalue weighted by atomic mass is 32.2. The molecule has 0 bridgehead atoms. The first-order chi connectivity index (χ1) is 18.7. The van der Waals surface area contributed by atoms with Gasteiger partial charge in [0.15, 0.2) is 27.3 Å². The Balaban J connectivity index is 1.81. The van der Waals surface area contributed by atoms with Gasteiger partial charge in [-0.25, -0.2) is 18.4 Å². The van der Waals surface area contributed by atoms with Crippen molar-refractivity contribution in [2.45, 2.75) is 44.8 Å². The number of aliphatic hydroxyl groups is 1. The van der Waals surface area contributed by atoms with Crippen molar-refractivity contribution in [1.29, 1.82) is 0 Å². The third kappa shape index (κ3) is 6.13. The lowest BCUT2D eigenvalue weighted by Crippen LogP contribution is -2.31. The number of ether oxygens (including phenoxy) is 2. The molecule has 0 fully saturated rings. The van der Waals surface area contributed by atoms with Gasteiger partial charge in [0.1, 0.15) is 17.6 Å². The van der Waals surface area contributed by atoms with E-state index in [1.165, 1.54) is 0 Å². The van der Waals surface area contributed by atoms with Crippen LogP contribution in [0.2, 0.25) is 0 Å². The van der Waals surface area contributed by atoms with E-state index in [1.54, 1.807) is 49.5 Å². The quantitative estimate of drug-likeness (QED) is 0.295. The molecule has 1 aromatic carbocycles. The van der Waals surface area contributed by atoms with Gasteiger partial charge in [-0.1, -0.05) is 12.1 Å². The largest absolute Gasteiger partial charge is 0.495 e. The Hall–Kier alpha value is -3.74. The van der Waals surface area contributed by atoms with E-state index in [1.807, 2.05) is 39.0 Å². The standard InChI is InChI=1S/C27H32N6O5S/c1-17-11-21(15-28-12-17)27-32-31-23(33(27)24-19(3)7-6-8-22(24)37-5)16-39(35,36)20(4)25(38-10-9-34)26-29-13-18(2)14-30-26/h6-8,11-15,20,25,34H,9-10,16H2,1-5H3/t20-,25+/m1/s1. The van der Waals surface area contributed by atoms with Gasteiger partial charge in [-0.3, -0.25) is 9.55 Å². The van der Waals surface area contributed by atoms with Crippen LogP contribution in [0.4, 0.5) is 0 Å². The number of methoxy groups -OCH3 is 1. The number of aromatic nitrogens is 6. The van der Waals surface area contributed by atoms with Crippen molar-refractivity contribution in [3.05, 3.63) is 77.4 Å². The summed E-state index contributed by atoms with van der Waals surface area (Å²) in [5.41, 5.74) is 3.91. The predicted octanol–water partition coefficient (Wildman–Crippen LogP) is 3.11. The lowest BCUT2D eigenvalue weighted by atomic mass is 10.1. The van der Waals surface area contributed by atoms with E-state index in [-0.39, 0.29) is 24.9 Å². The number of aliphatic hydroxyl groups excluding tert-OH is 1. The van der Waals surface area contributed by atoms with Crippen LogP contribution in [0, 0.1) is 20.8 Å². The van der Waals surface area contributed by atoms with E-state index in [9.17, 15) is 13.5 Å². The summed E-state index contributed by atoms with van der Waals surface area (Å²) in [7, 11) is -2.35. The summed E-state index contributed by atoms with van der Waals surface area (Å²) in [6.45, 7) is 6.86. The van der Waals surface area contributed by atoms with Crippen LogP contribution in [-0.2, 0) is 20.3 Å². The van der Waals surface area contributed by atoms with Crippen molar-refractivity contribution in [1.82, 2.24) is 29.7 Å². The van der Waals surface area contributed by atoms with Crippen LogP contribution in [0.3, 0.4) is 0 Å². The van der Waals surface area contributed by atoms with Gasteiger partial charge in [-0.2, -0.15) is 0 Å². The molecule has 12 heteroatoms. The zero-order valence-electron chi connectivity index (χ0n) is 22.6. The number of benzene rings is 1. The van der Waals surface area contributed by atoms with Gasteiger partial charge in [0, 0.05) is 30.4 Å². The monoisotopic (exact) mass is 552 g/mol. The average Bonchev–Trinajstić information content (AvgIpc) is 3.31. The molecule has 4 rings (SSSR count). The maximum atomic E-state index is 13.8. The molecule has 0 aliphatic carbocycles. The Kier molecular flexibility index (Phi) is 8.68. The normalized spacial score (nSPS) is 13.3. The van der Waals surface area contributed by atoms with E-state index in [4.69, 9.17) is 9.47 Å². The summed E-state index contributed by atoms with van der Waals surface area (Å²) >= 11 is 0. The molecule has 0 aliphatic heterocycles. The molecule has 0 saturated heterocycles. The predicted molar refractivity (Wildman–Crippen MR) is 145 cm³/mol. The number of rotatable bonds is 11. The van der Waals surface area contributed by atoms with Crippen molar-refractivity contribution < 1.29 is 23.0 Å². The van der Waals surface area contributed by atoms with Crippen LogP contribution in [0.15, 0.2) is 49.1 Å². The molecular formula is C27H32N6O5S. The van der Waals surface area contributed by atoms with Crippen LogP contribution >= 0.6 is 0 Å². The molecule has 3 aromatic heterocycles. The highest BCUT2D eigenvalue weighted by Crippen LogP contribution is 2.33. The second-order valence-electron chi connectivity index (χ2n) is 9.30. The molecule has 0 amide bonds. The van der Waals surface area contributed by atoms with Crippen molar-refractivity contribution in [3.8, 4) is 22.8 Å². The van der Waals surface area contributed by atoms with E-state index in [0.29, 0.717) is 22.8 Å². The average molecular weight is 553 g/mol. The lowest BCUT2D eigenvalue weighted by Gasteiger charge is -2.23. The molecule has 0 saturated carbocycles. The maximum Gasteiger partial charge on any atom is 0.170 e. The van der Waals surface area contributed by atoms with E-state index >= 15 is 0 Å². The van der Waals surface area contributed by atoms with Gasteiger partial charge in [0.25, 0.3) is 0 Å². The number of para-hydroxylation sites is 1. The third-order valence-electron chi connectivity index (χ3n) is 6.27. The Morgan fingerprint density at radius 1 is 1.03 bits per heavy atom. The lowest BCUT2D eigenvalue weighted by molar-refractivity contribution is 0.0226. The minimum atomic E-state index is -3.91. The maximum absolute atomic E-state index is 13.8. The van der Waals surface area contributed by atoms with Crippen molar-refractivity contribution >= 4 is 9.84 Å². The van der Waals surface area contributed by atoms with Crippen LogP contribution in [-0.4, -0.2) is 68.8 Å². The fraction of sp³-hybridized carbons (Fsp3) is 0.370. The zero-order valence-corrected chi connectivity index (χ0v) is 23.4. The second-order valence-corrected chi connectivity index (χ2v) is 11.7. The number of sulfone groups is 1. The molecule has 0 spiro atoms. The van der Waals surface area contributed by atoms with E-state index in [0.717, 1.165) is 16.7 Å². The molecule has 206 valence electrons. The fourth-order valence-electron chi connectivity index (χ4n) is 4.24. The molecule has 11 nitrogen and oxygen atoms in total. The Bertz CT molecular complexity index is 1540. The number of aryl methyl sites for hydroxylation is 3. The highest BCUT2D eigenvalue weighted by Gasteiger charge is 2.35. The van der Waals surface area contributed by atoms with Gasteiger partial charge >= 0.3 is 0 Å². The molecule has 39 heavy (non-hydrogen) atoms. The Morgan fingerprint density at radius 2 is 1.77 bits per heavy atom. The van der Waals surface area contributed by atoms with Crippen LogP contribution in [0.25, 0.3) is 17.1 Å². The minimum Gasteiger partial charge on any atom is -0.495 e. The molecule has 0 unspecified atom stereocenters. The summed E-state index contributed by atoms with van der Waals surface area (Å²) in [6.07, 6.45) is 5.59. The third-order valence-corrected chi connectivity index (χ3v) is 8.32. The highest BCUT2D eigenvalue weighted by molar-refractivity contribution is 7.91. The fourth-order valence-corrected chi connectivity index (χ4v) is 5.63. The summed E-state index contributed by atoms with van der Waals surface area (Å²) in [5.74, 6) is 0.963. The van der Waals surface area contributed by atoms with Gasteiger partial charge in [0.2, 0.25) is 0 Å². The Labute approximate surface area is 227 Å². The van der Waals surface area contributed by atoms with Crippen molar-refractivity contribution in [3.63, 3.8) is 0 Å². The number of nitrogens with zero attached hydrogens (tertiary/aromatic N) is 6. The van der Waals surface area contributed by atoms with Crippen molar-refractivity contribution in [2.24, 2.45) is 0 Å². The van der Waals surface area contributed by atoms with Crippen molar-refractivity contribution in [2.75, 3.05) is 20.3 Å². The van der Waals surface area contributed by atoms with Crippen LogP contribution in [0.1, 0.15) is 41.4 Å². The summed E-state index contributed by atoms with van der Waals surface area (Å²) < 4.78 is 40.8. The summed E-state index contributed by atoms with van der Waals surface area (Å²) in [5, 5.41) is 17.0. The molecular weight excluding hydrogens is 520 g/mol. The summed E-state index contributed by atoms with van der Waals surface area (Å²) in [4.78, 5) is 12.9. The minimum absolute atomic E-state index is 0.0666. The zero-order chi connectivity index (χ0) is 28.2. The first-order valence-corrected chi connectivity index (χ1v) is 14.1. The summed E-state index contributed by atoms with van der Waals surface area (Å²) in [6, 6.07) is 7.48. The van der Waals surface area contributed by atoms with Crippen LogP contribution in [0.5, 0.6) is 5.75 Å². The molecule has 2 atom stereocenters. The van der Waals surface area contributed by atoms with Gasteiger partial charge in [0.05, 0.1) is 31.3 Å². The number of pyridine rings is 1. The van der Waals surface area contributed by atoms with Gasteiger partial charge in [-0.05, 0) is 56.5 Å². The second kappa shape index (κ2) is 12.0. The SMILES string of the molecule is COc1cccc(C)c1-n1c(CS(=O)(=O)[C@H](C)[C@H](OCCO)c2ncc(C)cn2)nnc1-c1cncc(C)c1.